The summed E-state index contributed by atoms with van der Waals surface area (Å²) in [7, 11) is 0. The molecular weight excluding hydrogens is 438 g/mol. The van der Waals surface area contributed by atoms with E-state index in [0.717, 1.165) is 21.6 Å². The van der Waals surface area contributed by atoms with Gasteiger partial charge in [0, 0.05) is 34.7 Å². The molecule has 0 saturated carbocycles. The van der Waals surface area contributed by atoms with Gasteiger partial charge in [-0.15, -0.1) is 11.3 Å². The summed E-state index contributed by atoms with van der Waals surface area (Å²) in [5.74, 6) is -1.01. The highest BCUT2D eigenvalue weighted by Crippen LogP contribution is 2.33. The fourth-order valence-corrected chi connectivity index (χ4v) is 5.05. The highest BCUT2D eigenvalue weighted by Gasteiger charge is 2.40. The van der Waals surface area contributed by atoms with Gasteiger partial charge in [-0.3, -0.25) is 24.5 Å². The molecule has 2 aliphatic rings. The number of carbonyl (C=O) groups excluding carboxylic acids is 4. The monoisotopic (exact) mass is 459 g/mol. The highest BCUT2D eigenvalue weighted by molar-refractivity contribution is 7.10. The lowest BCUT2D eigenvalue weighted by Crippen LogP contribution is -2.52. The molecule has 0 radical (unpaired) electrons. The van der Waals surface area contributed by atoms with E-state index in [2.05, 4.69) is 10.6 Å². The molecule has 1 aromatic carbocycles. The Labute approximate surface area is 188 Å². The van der Waals surface area contributed by atoms with Crippen molar-refractivity contribution in [2.24, 2.45) is 0 Å². The van der Waals surface area contributed by atoms with Crippen LogP contribution in [0.2, 0.25) is 5.02 Å². The van der Waals surface area contributed by atoms with Crippen molar-refractivity contribution < 1.29 is 19.2 Å². The van der Waals surface area contributed by atoms with Gasteiger partial charge in [-0.05, 0) is 42.5 Å². The summed E-state index contributed by atoms with van der Waals surface area (Å²) in [5, 5.41) is 7.69. The van der Waals surface area contributed by atoms with Gasteiger partial charge in [0.15, 0.2) is 0 Å². The molecule has 7 nitrogen and oxygen atoms in total. The average Bonchev–Trinajstić information content (AvgIpc) is 3.27. The smallest absolute Gasteiger partial charge is 0.256 e. The second-order valence-corrected chi connectivity index (χ2v) is 9.18. The number of nitrogens with zero attached hydrogens (tertiary/aromatic N) is 1. The first kappa shape index (κ1) is 21.5. The number of piperidine rings is 1. The molecule has 1 unspecified atom stereocenters. The minimum atomic E-state index is -0.633. The van der Waals surface area contributed by atoms with E-state index in [9.17, 15) is 19.2 Å². The van der Waals surface area contributed by atoms with Crippen molar-refractivity contribution >= 4 is 46.6 Å². The van der Waals surface area contributed by atoms with Crippen molar-refractivity contribution in [2.45, 2.75) is 51.7 Å². The van der Waals surface area contributed by atoms with Crippen molar-refractivity contribution in [3.63, 3.8) is 0 Å². The summed E-state index contributed by atoms with van der Waals surface area (Å²) in [6, 6.07) is 5.16. The van der Waals surface area contributed by atoms with E-state index in [1.165, 1.54) is 16.2 Å². The number of hydrogen-bond donors (Lipinski definition) is 2. The number of carbonyl (C=O) groups is 4. The number of hydrogen-bond acceptors (Lipinski definition) is 5. The Morgan fingerprint density at radius 3 is 2.87 bits per heavy atom. The summed E-state index contributed by atoms with van der Waals surface area (Å²) >= 11 is 7.57. The lowest BCUT2D eigenvalue weighted by molar-refractivity contribution is -0.137. The largest absolute Gasteiger partial charge is 0.351 e. The Kier molecular flexibility index (Phi) is 6.11. The van der Waals surface area contributed by atoms with Crippen LogP contribution < -0.4 is 10.6 Å². The molecule has 0 bridgehead atoms. The van der Waals surface area contributed by atoms with E-state index in [1.54, 1.807) is 5.38 Å². The van der Waals surface area contributed by atoms with Crippen molar-refractivity contribution in [1.82, 2.24) is 15.5 Å². The Morgan fingerprint density at radius 2 is 2.13 bits per heavy atom. The predicted octanol–water partition coefficient (Wildman–Crippen LogP) is 2.72. The van der Waals surface area contributed by atoms with Gasteiger partial charge in [0.1, 0.15) is 6.04 Å². The first-order chi connectivity index (χ1) is 14.8. The highest BCUT2D eigenvalue weighted by atomic mass is 35.5. The maximum Gasteiger partial charge on any atom is 0.256 e. The zero-order valence-corrected chi connectivity index (χ0v) is 18.6. The number of amides is 4. The molecule has 1 aromatic heterocycles. The second kappa shape index (κ2) is 8.80. The first-order valence-electron chi connectivity index (χ1n) is 10.1. The van der Waals surface area contributed by atoms with Crippen molar-refractivity contribution in [2.75, 3.05) is 0 Å². The average molecular weight is 460 g/mol. The second-order valence-electron chi connectivity index (χ2n) is 7.81. The predicted molar refractivity (Wildman–Crippen MR) is 117 cm³/mol. The zero-order valence-electron chi connectivity index (χ0n) is 17.0. The van der Waals surface area contributed by atoms with Crippen LogP contribution in [-0.2, 0) is 33.9 Å². The zero-order chi connectivity index (χ0) is 22.1. The normalized spacial score (nSPS) is 18.2. The first-order valence-corrected chi connectivity index (χ1v) is 11.3. The lowest BCUT2D eigenvalue weighted by atomic mass is 10.0. The molecule has 4 amide bonds. The number of imide groups is 1. The van der Waals surface area contributed by atoms with Crippen LogP contribution in [0.5, 0.6) is 0 Å². The van der Waals surface area contributed by atoms with Crippen LogP contribution in [0.4, 0.5) is 0 Å². The molecule has 3 heterocycles. The van der Waals surface area contributed by atoms with Gasteiger partial charge in [-0.1, -0.05) is 23.7 Å². The van der Waals surface area contributed by atoms with Gasteiger partial charge in [-0.25, -0.2) is 0 Å². The summed E-state index contributed by atoms with van der Waals surface area (Å²) in [6.45, 7) is 2.59. The molecule has 1 atom stereocenters. The van der Waals surface area contributed by atoms with E-state index < -0.39 is 11.9 Å². The third kappa shape index (κ3) is 4.50. The van der Waals surface area contributed by atoms with E-state index in [4.69, 9.17) is 11.6 Å². The topological polar surface area (TPSA) is 95.6 Å². The molecule has 2 N–H and O–H groups in total. The number of thiophene rings is 1. The van der Waals surface area contributed by atoms with Gasteiger partial charge in [0.05, 0.1) is 12.1 Å². The molecule has 2 aliphatic heterocycles. The van der Waals surface area contributed by atoms with Crippen LogP contribution in [0.1, 0.15) is 51.2 Å². The standard InChI is InChI=1S/C22H22ClN3O4S/c1-12-2-3-13(8-16(12)23)4-6-19(27)24-9-18-14-10-26(22(30)15(14)11-31-18)17-5-7-20(28)25-21(17)29/h2-3,8,11,17H,4-7,9-10H2,1H3,(H,24,27)(H,25,28,29). The molecule has 1 saturated heterocycles. The summed E-state index contributed by atoms with van der Waals surface area (Å²) in [6.07, 6.45) is 1.49. The SMILES string of the molecule is Cc1ccc(CCC(=O)NCc2scc3c2CN(C2CCC(=O)NC2=O)C3=O)cc1Cl. The quantitative estimate of drug-likeness (QED) is 0.649. The van der Waals surface area contributed by atoms with Crippen molar-refractivity contribution in [3.8, 4) is 0 Å². The van der Waals surface area contributed by atoms with Gasteiger partial charge in [-0.2, -0.15) is 0 Å². The van der Waals surface area contributed by atoms with Crippen LogP contribution in [0.3, 0.4) is 0 Å². The molecule has 2 aromatic rings. The van der Waals surface area contributed by atoms with Crippen LogP contribution in [0, 0.1) is 6.92 Å². The summed E-state index contributed by atoms with van der Waals surface area (Å²) in [5.41, 5.74) is 3.44. The van der Waals surface area contributed by atoms with E-state index in [0.29, 0.717) is 42.9 Å². The minimum absolute atomic E-state index is 0.0785. The number of nitrogens with one attached hydrogen (secondary N) is 2. The Hall–Kier alpha value is -2.71. The molecule has 0 aliphatic carbocycles. The fraction of sp³-hybridized carbons (Fsp3) is 0.364. The van der Waals surface area contributed by atoms with Crippen molar-refractivity contribution in [1.29, 1.82) is 0 Å². The van der Waals surface area contributed by atoms with Crippen LogP contribution in [0.25, 0.3) is 0 Å². The Balaban J connectivity index is 1.33. The lowest BCUT2D eigenvalue weighted by Gasteiger charge is -2.29. The molecule has 0 spiro atoms. The molecule has 31 heavy (non-hydrogen) atoms. The maximum atomic E-state index is 12.8. The van der Waals surface area contributed by atoms with Gasteiger partial charge >= 0.3 is 0 Å². The maximum absolute atomic E-state index is 12.8. The van der Waals surface area contributed by atoms with E-state index in [-0.39, 0.29) is 24.1 Å². The van der Waals surface area contributed by atoms with Gasteiger partial charge < -0.3 is 10.2 Å². The Morgan fingerprint density at radius 1 is 1.32 bits per heavy atom. The number of rotatable bonds is 6. The Bertz CT molecular complexity index is 1080. The van der Waals surface area contributed by atoms with E-state index >= 15 is 0 Å². The van der Waals surface area contributed by atoms with Crippen LogP contribution in [-0.4, -0.2) is 34.6 Å². The molecule has 9 heteroatoms. The number of benzene rings is 1. The molecule has 4 rings (SSSR count). The molecular formula is C22H22ClN3O4S. The minimum Gasteiger partial charge on any atom is -0.351 e. The van der Waals surface area contributed by atoms with E-state index in [1.807, 2.05) is 25.1 Å². The molecule has 162 valence electrons. The van der Waals surface area contributed by atoms with Gasteiger partial charge in [0.2, 0.25) is 17.7 Å². The summed E-state index contributed by atoms with van der Waals surface area (Å²) < 4.78 is 0. The molecule has 1 fully saturated rings. The number of halogens is 1. The fourth-order valence-electron chi connectivity index (χ4n) is 3.87. The third-order valence-corrected chi connectivity index (χ3v) is 7.15. The number of aryl methyl sites for hydroxylation is 2. The summed E-state index contributed by atoms with van der Waals surface area (Å²) in [4.78, 5) is 51.0. The van der Waals surface area contributed by atoms with Crippen LogP contribution >= 0.6 is 22.9 Å². The van der Waals surface area contributed by atoms with Crippen LogP contribution in [0.15, 0.2) is 23.6 Å². The van der Waals surface area contributed by atoms with Crippen molar-refractivity contribution in [3.05, 3.63) is 55.7 Å². The van der Waals surface area contributed by atoms with Gasteiger partial charge in [0.25, 0.3) is 5.91 Å². The number of fused-ring (bicyclic) bond motifs is 1. The third-order valence-electron chi connectivity index (χ3n) is 5.71.